The van der Waals surface area contributed by atoms with Gasteiger partial charge >= 0.3 is 0 Å². The van der Waals surface area contributed by atoms with Gasteiger partial charge in [0.2, 0.25) is 0 Å². The third-order valence-electron chi connectivity index (χ3n) is 3.41. The van der Waals surface area contributed by atoms with Gasteiger partial charge in [-0.15, -0.1) is 0 Å². The molecule has 0 radical (unpaired) electrons. The van der Waals surface area contributed by atoms with Gasteiger partial charge in [-0.25, -0.2) is 0 Å². The molecule has 2 atom stereocenters. The molecule has 0 amide bonds. The van der Waals surface area contributed by atoms with E-state index in [1.165, 1.54) is 0 Å². The molecule has 0 spiro atoms. The van der Waals surface area contributed by atoms with E-state index < -0.39 is 5.60 Å². The molecule has 1 aromatic rings. The molecule has 2 heteroatoms. The molecular weight excluding hydrogens is 224 g/mol. The Morgan fingerprint density at radius 1 is 1.33 bits per heavy atom. The van der Waals surface area contributed by atoms with Crippen LogP contribution < -0.4 is 0 Å². The molecule has 0 bridgehead atoms. The van der Waals surface area contributed by atoms with E-state index in [4.69, 9.17) is 4.42 Å². The fourth-order valence-corrected chi connectivity index (χ4v) is 2.58. The van der Waals surface area contributed by atoms with Crippen molar-refractivity contribution in [3.8, 4) is 0 Å². The first-order valence-corrected chi connectivity index (χ1v) is 7.06. The molecule has 0 fully saturated rings. The molecule has 0 saturated carbocycles. The van der Waals surface area contributed by atoms with E-state index in [2.05, 4.69) is 27.7 Å². The number of hydrogen-bond donors (Lipinski definition) is 1. The highest BCUT2D eigenvalue weighted by Crippen LogP contribution is 2.41. The van der Waals surface area contributed by atoms with Crippen LogP contribution in [0.25, 0.3) is 0 Å². The highest BCUT2D eigenvalue weighted by atomic mass is 16.3. The lowest BCUT2D eigenvalue weighted by Crippen LogP contribution is -2.29. The van der Waals surface area contributed by atoms with Crippen molar-refractivity contribution >= 4 is 0 Å². The van der Waals surface area contributed by atoms with Crippen LogP contribution in [0.2, 0.25) is 0 Å². The van der Waals surface area contributed by atoms with Gasteiger partial charge in [-0.1, -0.05) is 41.5 Å². The SMILES string of the molecule is CC.CC1Cc2oc(C(C)(C)C)cc2C(C)(O)C1. The van der Waals surface area contributed by atoms with Crippen LogP contribution in [0.3, 0.4) is 0 Å². The van der Waals surface area contributed by atoms with E-state index in [1.807, 2.05) is 26.8 Å². The Balaban J connectivity index is 0.000000771. The minimum Gasteiger partial charge on any atom is -0.465 e. The third-order valence-corrected chi connectivity index (χ3v) is 3.41. The van der Waals surface area contributed by atoms with Gasteiger partial charge in [0.25, 0.3) is 0 Å². The Hall–Kier alpha value is -0.760. The van der Waals surface area contributed by atoms with Crippen molar-refractivity contribution in [2.75, 3.05) is 0 Å². The highest BCUT2D eigenvalue weighted by molar-refractivity contribution is 5.32. The van der Waals surface area contributed by atoms with E-state index in [-0.39, 0.29) is 5.41 Å². The Morgan fingerprint density at radius 3 is 2.39 bits per heavy atom. The van der Waals surface area contributed by atoms with Gasteiger partial charge in [-0.3, -0.25) is 0 Å². The summed E-state index contributed by atoms with van der Waals surface area (Å²) in [6, 6.07) is 2.04. The normalized spacial score (nSPS) is 27.2. The first kappa shape index (κ1) is 15.3. The second-order valence-corrected chi connectivity index (χ2v) is 6.48. The maximum atomic E-state index is 10.4. The first-order valence-electron chi connectivity index (χ1n) is 7.06. The average molecular weight is 252 g/mol. The van der Waals surface area contributed by atoms with Crippen LogP contribution >= 0.6 is 0 Å². The van der Waals surface area contributed by atoms with E-state index in [9.17, 15) is 5.11 Å². The zero-order chi connectivity index (χ0) is 14.1. The van der Waals surface area contributed by atoms with Crippen LogP contribution in [-0.4, -0.2) is 5.11 Å². The molecule has 2 unspecified atom stereocenters. The zero-order valence-electron chi connectivity index (χ0n) is 12.9. The Labute approximate surface area is 111 Å². The molecule has 0 saturated heterocycles. The standard InChI is InChI=1S/C14H22O2.C2H6/c1-9-6-11-10(14(5,15)8-9)7-12(16-11)13(2,3)4;1-2/h7,9,15H,6,8H2,1-5H3;1-2H3. The van der Waals surface area contributed by atoms with Crippen LogP contribution in [0.1, 0.15) is 72.0 Å². The van der Waals surface area contributed by atoms with Crippen LogP contribution in [0.4, 0.5) is 0 Å². The molecule has 1 aliphatic carbocycles. The molecule has 0 aliphatic heterocycles. The van der Waals surface area contributed by atoms with Crippen LogP contribution in [0.5, 0.6) is 0 Å². The summed E-state index contributed by atoms with van der Waals surface area (Å²) in [5, 5.41) is 10.4. The molecule has 1 N–H and O–H groups in total. The fraction of sp³-hybridized carbons (Fsp3) is 0.750. The van der Waals surface area contributed by atoms with Gasteiger partial charge in [0.1, 0.15) is 11.5 Å². The summed E-state index contributed by atoms with van der Waals surface area (Å²) >= 11 is 0. The quantitative estimate of drug-likeness (QED) is 0.742. The Kier molecular flexibility index (Phi) is 4.32. The summed E-state index contributed by atoms with van der Waals surface area (Å²) in [6.45, 7) is 14.5. The molecule has 0 aromatic carbocycles. The van der Waals surface area contributed by atoms with Crippen molar-refractivity contribution in [1.29, 1.82) is 0 Å². The summed E-state index contributed by atoms with van der Waals surface area (Å²) in [5.74, 6) is 2.45. The van der Waals surface area contributed by atoms with Crippen molar-refractivity contribution in [2.45, 2.75) is 72.3 Å². The summed E-state index contributed by atoms with van der Waals surface area (Å²) in [5.41, 5.74) is 0.284. The van der Waals surface area contributed by atoms with Crippen LogP contribution in [-0.2, 0) is 17.4 Å². The van der Waals surface area contributed by atoms with Crippen molar-refractivity contribution in [3.63, 3.8) is 0 Å². The van der Waals surface area contributed by atoms with Gasteiger partial charge in [0, 0.05) is 17.4 Å². The van der Waals surface area contributed by atoms with Crippen LogP contribution in [0.15, 0.2) is 10.5 Å². The Morgan fingerprint density at radius 2 is 1.89 bits per heavy atom. The van der Waals surface area contributed by atoms with Crippen molar-refractivity contribution in [1.82, 2.24) is 0 Å². The van der Waals surface area contributed by atoms with Crippen molar-refractivity contribution in [2.24, 2.45) is 5.92 Å². The lowest BCUT2D eigenvalue weighted by molar-refractivity contribution is 0.0204. The van der Waals surface area contributed by atoms with Gasteiger partial charge in [-0.05, 0) is 25.3 Å². The lowest BCUT2D eigenvalue weighted by Gasteiger charge is -2.31. The Bertz CT molecular complexity index is 394. The number of rotatable bonds is 0. The lowest BCUT2D eigenvalue weighted by atomic mass is 9.78. The van der Waals surface area contributed by atoms with Crippen LogP contribution in [0, 0.1) is 5.92 Å². The van der Waals surface area contributed by atoms with Crippen molar-refractivity contribution in [3.05, 3.63) is 23.2 Å². The maximum absolute atomic E-state index is 10.4. The number of aliphatic hydroxyl groups is 1. The third kappa shape index (κ3) is 2.97. The summed E-state index contributed by atoms with van der Waals surface area (Å²) in [6.07, 6.45) is 1.77. The highest BCUT2D eigenvalue weighted by Gasteiger charge is 2.37. The predicted molar refractivity (Wildman–Crippen MR) is 75.8 cm³/mol. The molecule has 1 aliphatic rings. The number of furan rings is 1. The second-order valence-electron chi connectivity index (χ2n) is 6.48. The molecule has 1 aromatic heterocycles. The zero-order valence-corrected chi connectivity index (χ0v) is 12.9. The topological polar surface area (TPSA) is 33.4 Å². The molecule has 2 rings (SSSR count). The first-order chi connectivity index (χ1) is 8.20. The van der Waals surface area contributed by atoms with E-state index in [0.29, 0.717) is 5.92 Å². The van der Waals surface area contributed by atoms with E-state index in [0.717, 1.165) is 29.9 Å². The second kappa shape index (κ2) is 5.08. The average Bonchev–Trinajstić information content (AvgIpc) is 2.63. The van der Waals surface area contributed by atoms with Gasteiger partial charge in [0.15, 0.2) is 0 Å². The molecule has 2 nitrogen and oxygen atoms in total. The minimum absolute atomic E-state index is 0.0106. The van der Waals surface area contributed by atoms with E-state index >= 15 is 0 Å². The van der Waals surface area contributed by atoms with Gasteiger partial charge in [0.05, 0.1) is 5.60 Å². The number of fused-ring (bicyclic) bond motifs is 1. The minimum atomic E-state index is -0.722. The molecule has 1 heterocycles. The summed E-state index contributed by atoms with van der Waals surface area (Å²) in [4.78, 5) is 0. The number of hydrogen-bond acceptors (Lipinski definition) is 2. The van der Waals surface area contributed by atoms with E-state index in [1.54, 1.807) is 0 Å². The molecular formula is C16H28O2. The fourth-order valence-electron chi connectivity index (χ4n) is 2.58. The molecule has 104 valence electrons. The smallest absolute Gasteiger partial charge is 0.110 e. The summed E-state index contributed by atoms with van der Waals surface area (Å²) < 4.78 is 5.92. The van der Waals surface area contributed by atoms with Crippen molar-refractivity contribution < 1.29 is 9.52 Å². The molecule has 18 heavy (non-hydrogen) atoms. The predicted octanol–water partition coefficient (Wildman–Crippen LogP) is 4.39. The van der Waals surface area contributed by atoms with Gasteiger partial charge < -0.3 is 9.52 Å². The van der Waals surface area contributed by atoms with Gasteiger partial charge in [-0.2, -0.15) is 0 Å². The monoisotopic (exact) mass is 252 g/mol. The maximum Gasteiger partial charge on any atom is 0.110 e. The largest absolute Gasteiger partial charge is 0.465 e. The summed E-state index contributed by atoms with van der Waals surface area (Å²) in [7, 11) is 0.